The number of nitrogens with zero attached hydrogens (tertiary/aromatic N) is 3. The van der Waals surface area contributed by atoms with Crippen molar-refractivity contribution in [3.63, 3.8) is 0 Å². The molecule has 0 bridgehead atoms. The Balaban J connectivity index is 1.60. The fraction of sp³-hybridized carbons (Fsp3) is 0.233. The number of amides is 2. The molecule has 0 aliphatic rings. The van der Waals surface area contributed by atoms with Gasteiger partial charge in [0, 0.05) is 46.4 Å². The molecule has 16 heteroatoms. The molecule has 46 heavy (non-hydrogen) atoms. The fourth-order valence-electron chi connectivity index (χ4n) is 4.08. The number of hydrogen-bond donors (Lipinski definition) is 5. The van der Waals surface area contributed by atoms with Gasteiger partial charge in [0.05, 0.1) is 26.4 Å². The zero-order valence-electron chi connectivity index (χ0n) is 25.3. The number of halogens is 2. The molecule has 4 aromatic rings. The van der Waals surface area contributed by atoms with Crippen LogP contribution in [0.15, 0.2) is 87.1 Å². The van der Waals surface area contributed by atoms with Crippen LogP contribution in [0.5, 0.6) is 0 Å². The number of aromatic nitrogens is 2. The molecule has 4 rings (SSSR count). The van der Waals surface area contributed by atoms with Gasteiger partial charge in [0.15, 0.2) is 0 Å². The van der Waals surface area contributed by atoms with Gasteiger partial charge < -0.3 is 21.1 Å². The number of aliphatic hydroxyl groups excluding tert-OH is 1. The highest BCUT2D eigenvalue weighted by atomic mass is 35.5. The highest BCUT2D eigenvalue weighted by molar-refractivity contribution is 7.93. The van der Waals surface area contributed by atoms with Crippen LogP contribution in [0, 0.1) is 0 Å². The number of rotatable bonds is 11. The number of carbonyl (C=O) groups is 1. The van der Waals surface area contributed by atoms with Crippen molar-refractivity contribution < 1.29 is 22.5 Å². The van der Waals surface area contributed by atoms with Gasteiger partial charge in [-0.25, -0.2) is 22.4 Å². The molecule has 0 fully saturated rings. The van der Waals surface area contributed by atoms with E-state index < -0.39 is 25.8 Å². The number of urea groups is 1. The molecule has 2 atom stereocenters. The van der Waals surface area contributed by atoms with Crippen LogP contribution in [-0.2, 0) is 19.8 Å². The summed E-state index contributed by atoms with van der Waals surface area (Å²) >= 11 is 12.1. The van der Waals surface area contributed by atoms with Crippen molar-refractivity contribution in [1.29, 1.82) is 0 Å². The van der Waals surface area contributed by atoms with Crippen molar-refractivity contribution in [2.45, 2.75) is 42.6 Å². The monoisotopic (exact) mass is 705 g/mol. The molecule has 2 amide bonds. The van der Waals surface area contributed by atoms with Crippen LogP contribution in [0.2, 0.25) is 10.0 Å². The molecule has 244 valence electrons. The summed E-state index contributed by atoms with van der Waals surface area (Å²) in [6.45, 7) is 5.17. The zero-order valence-corrected chi connectivity index (χ0v) is 28.4. The quantitative estimate of drug-likeness (QED) is 0.119. The molecule has 0 saturated heterocycles. The van der Waals surface area contributed by atoms with E-state index in [-0.39, 0.29) is 45.3 Å². The Bertz CT molecular complexity index is 1970. The Morgan fingerprint density at radius 3 is 2.35 bits per heavy atom. The van der Waals surface area contributed by atoms with E-state index in [1.54, 1.807) is 75.5 Å². The molecule has 0 radical (unpaired) electrons. The molecular weight excluding hydrogens is 673 g/mol. The summed E-state index contributed by atoms with van der Waals surface area (Å²) in [6, 6.07) is 16.3. The van der Waals surface area contributed by atoms with Crippen LogP contribution in [0.3, 0.4) is 0 Å². The normalized spacial score (nSPS) is 13.4. The Morgan fingerprint density at radius 2 is 1.67 bits per heavy atom. The van der Waals surface area contributed by atoms with E-state index in [2.05, 4.69) is 35.0 Å². The molecule has 5 N–H and O–H groups in total. The first-order valence-corrected chi connectivity index (χ1v) is 18.1. The van der Waals surface area contributed by atoms with Crippen LogP contribution < -0.4 is 20.7 Å². The van der Waals surface area contributed by atoms with Crippen molar-refractivity contribution in [2.75, 3.05) is 28.2 Å². The smallest absolute Gasteiger partial charge is 0.349 e. The Morgan fingerprint density at radius 1 is 0.978 bits per heavy atom. The van der Waals surface area contributed by atoms with E-state index in [4.69, 9.17) is 23.2 Å². The second kappa shape index (κ2) is 14.6. The van der Waals surface area contributed by atoms with Gasteiger partial charge >= 0.3 is 6.03 Å². The molecule has 12 nitrogen and oxygen atoms in total. The molecule has 0 aliphatic heterocycles. The van der Waals surface area contributed by atoms with E-state index in [9.17, 15) is 22.5 Å². The number of anilines is 4. The van der Waals surface area contributed by atoms with Gasteiger partial charge in [-0.05, 0) is 68.8 Å². The van der Waals surface area contributed by atoms with Crippen molar-refractivity contribution in [3.8, 4) is 11.1 Å². The number of carbonyl (C=O) groups excluding carboxylic acids is 1. The van der Waals surface area contributed by atoms with Crippen molar-refractivity contribution >= 4 is 72.1 Å². The molecule has 0 unspecified atom stereocenters. The Kier molecular flexibility index (Phi) is 11.1. The third kappa shape index (κ3) is 8.85. The maximum Gasteiger partial charge on any atom is 0.349 e. The van der Waals surface area contributed by atoms with Gasteiger partial charge in [0.1, 0.15) is 10.7 Å². The van der Waals surface area contributed by atoms with Gasteiger partial charge in [-0.3, -0.25) is 4.72 Å². The van der Waals surface area contributed by atoms with E-state index in [1.807, 2.05) is 0 Å². The van der Waals surface area contributed by atoms with Gasteiger partial charge in [-0.15, -0.1) is 4.36 Å². The first-order valence-electron chi connectivity index (χ1n) is 13.9. The minimum atomic E-state index is -4.01. The summed E-state index contributed by atoms with van der Waals surface area (Å²) in [5.74, 6) is 0.599. The molecular formula is C30H33Cl2N7O5S2. The van der Waals surface area contributed by atoms with Crippen LogP contribution in [0.1, 0.15) is 20.8 Å². The number of sulfonamides is 1. The van der Waals surface area contributed by atoms with E-state index in [0.717, 1.165) is 0 Å². The van der Waals surface area contributed by atoms with Gasteiger partial charge in [-0.2, -0.15) is 4.98 Å². The number of benzene rings is 3. The summed E-state index contributed by atoms with van der Waals surface area (Å²) < 4.78 is 45.4. The number of nitrogens with one attached hydrogen (secondary N) is 4. The topological polar surface area (TPSA) is 175 Å². The van der Waals surface area contributed by atoms with Gasteiger partial charge in [0.2, 0.25) is 5.95 Å². The van der Waals surface area contributed by atoms with E-state index in [0.29, 0.717) is 27.5 Å². The van der Waals surface area contributed by atoms with E-state index in [1.165, 1.54) is 24.5 Å². The van der Waals surface area contributed by atoms with Gasteiger partial charge in [0.25, 0.3) is 10.0 Å². The standard InChI is InChI=1S/C30H33Cl2N7O5S2/c1-18(2)34-30(41)39-45(4,42)23-8-5-7-22(15-23)36-29-33-16-24(28(37-29)35-19(3)17-40)20-11-13-21(14-12-20)38-46(43,44)26-10-6-9-25(31)27(26)32/h5-16,18-19,38,40H,17H2,1-4H3,(H,34,41)(H2,33,35,36,37)/t19-,45-/m1/s1. The van der Waals surface area contributed by atoms with E-state index >= 15 is 0 Å². The first-order chi connectivity index (χ1) is 21.7. The second-order valence-corrected chi connectivity index (χ2v) is 15.3. The number of hydrogen-bond acceptors (Lipinski definition) is 9. The average Bonchev–Trinajstić information content (AvgIpc) is 2.98. The highest BCUT2D eigenvalue weighted by Crippen LogP contribution is 2.32. The summed E-state index contributed by atoms with van der Waals surface area (Å²) in [5, 5.41) is 18.6. The van der Waals surface area contributed by atoms with Crippen LogP contribution in [0.4, 0.5) is 27.9 Å². The third-order valence-electron chi connectivity index (χ3n) is 6.30. The Labute approximate surface area is 278 Å². The summed E-state index contributed by atoms with van der Waals surface area (Å²) in [4.78, 5) is 21.4. The molecule has 1 heterocycles. The maximum absolute atomic E-state index is 13.2. The minimum Gasteiger partial charge on any atom is -0.394 e. The lowest BCUT2D eigenvalue weighted by Crippen LogP contribution is -2.28. The molecule has 0 aliphatic carbocycles. The molecule has 1 aromatic heterocycles. The van der Waals surface area contributed by atoms with Crippen molar-refractivity contribution in [2.24, 2.45) is 4.36 Å². The first kappa shape index (κ1) is 34.9. The minimum absolute atomic E-state index is 0.0769. The van der Waals surface area contributed by atoms with Gasteiger partial charge in [-0.1, -0.05) is 47.5 Å². The average molecular weight is 707 g/mol. The SMILES string of the molecule is CC(C)NC(=O)N=[S@](C)(=O)c1cccc(Nc2ncc(-c3ccc(NS(=O)(=O)c4cccc(Cl)c4Cl)cc3)c(N[C@H](C)CO)n2)c1. The predicted molar refractivity (Wildman–Crippen MR) is 183 cm³/mol. The lowest BCUT2D eigenvalue weighted by atomic mass is 10.1. The zero-order chi connectivity index (χ0) is 33.6. The molecule has 0 saturated carbocycles. The highest BCUT2D eigenvalue weighted by Gasteiger charge is 2.20. The van der Waals surface area contributed by atoms with Crippen molar-refractivity contribution in [3.05, 3.63) is 83.0 Å². The predicted octanol–water partition coefficient (Wildman–Crippen LogP) is 6.36. The molecule has 0 spiro atoms. The van der Waals surface area contributed by atoms with Crippen LogP contribution >= 0.6 is 23.2 Å². The molecule has 3 aromatic carbocycles. The van der Waals surface area contributed by atoms with Crippen molar-refractivity contribution in [1.82, 2.24) is 15.3 Å². The lowest BCUT2D eigenvalue weighted by Gasteiger charge is -2.17. The lowest BCUT2D eigenvalue weighted by molar-refractivity contribution is 0.247. The van der Waals surface area contributed by atoms with Crippen LogP contribution in [0.25, 0.3) is 11.1 Å². The Hall–Kier alpha value is -3.95. The fourth-order valence-corrected chi connectivity index (χ4v) is 7.06. The van der Waals surface area contributed by atoms with Crippen LogP contribution in [-0.4, -0.2) is 58.7 Å². The largest absolute Gasteiger partial charge is 0.394 e. The third-order valence-corrected chi connectivity index (χ3v) is 10.3. The second-order valence-electron chi connectivity index (χ2n) is 10.6. The summed E-state index contributed by atoms with van der Waals surface area (Å²) in [5.41, 5.74) is 2.05. The summed E-state index contributed by atoms with van der Waals surface area (Å²) in [6.07, 6.45) is 2.96. The maximum atomic E-state index is 13.2. The number of aliphatic hydroxyl groups is 1. The summed E-state index contributed by atoms with van der Waals surface area (Å²) in [7, 11) is -7.05.